The number of hydrogen-bond donors (Lipinski definition) is 0. The van der Waals surface area contributed by atoms with Gasteiger partial charge in [-0.25, -0.2) is 74.6 Å². The van der Waals surface area contributed by atoms with Crippen LogP contribution < -0.4 is 14.8 Å². The van der Waals surface area contributed by atoms with Crippen LogP contribution in [0.25, 0.3) is 22.3 Å². The fourth-order valence-corrected chi connectivity index (χ4v) is 5.49. The fourth-order valence-electron chi connectivity index (χ4n) is 5.49. The van der Waals surface area contributed by atoms with E-state index in [1.165, 1.54) is 0 Å². The van der Waals surface area contributed by atoms with Crippen LogP contribution in [-0.4, -0.2) is 7.12 Å². The van der Waals surface area contributed by atoms with Crippen molar-refractivity contribution in [3.8, 4) is 33.8 Å². The Kier molecular flexibility index (Phi) is 9.19. The number of hydrogen-bond acceptors (Lipinski definition) is 2. The SMILES string of the molecule is Fc1cc(F)c(F)c(OB(Oc2c(F)c(F)c(F)c3c2C(F)(F)c2c(F)c(F)c(F)c(F)c2-3)c2c(F)c(F)c(F)c(F)c2-c2c(F)c(F)c(F)c(F)c2F)c1. The number of alkyl halides is 2. The maximum absolute atomic E-state index is 15.8. The van der Waals surface area contributed by atoms with Crippen molar-refractivity contribution in [2.45, 2.75) is 5.92 Å². The van der Waals surface area contributed by atoms with Gasteiger partial charge in [0.25, 0.3) is 0 Å². The largest absolute Gasteiger partial charge is 0.636 e. The predicted molar refractivity (Wildman–Crippen MR) is 139 cm³/mol. The Morgan fingerprint density at radius 1 is 0.364 bits per heavy atom. The maximum atomic E-state index is 15.8. The van der Waals surface area contributed by atoms with Crippen molar-refractivity contribution in [1.29, 1.82) is 0 Å². The minimum atomic E-state index is -5.71. The average molecular weight is 816 g/mol. The first-order chi connectivity index (χ1) is 25.5. The highest BCUT2D eigenvalue weighted by molar-refractivity contribution is 6.64. The van der Waals surface area contributed by atoms with Gasteiger partial charge in [-0.15, -0.1) is 0 Å². The summed E-state index contributed by atoms with van der Waals surface area (Å²) in [6, 6.07) is -0.662. The van der Waals surface area contributed by atoms with Crippen LogP contribution in [0.15, 0.2) is 12.1 Å². The first-order valence-corrected chi connectivity index (χ1v) is 13.8. The van der Waals surface area contributed by atoms with Gasteiger partial charge in [0.2, 0.25) is 11.6 Å². The lowest BCUT2D eigenvalue weighted by atomic mass is 9.72. The number of halogens is 21. The van der Waals surface area contributed by atoms with Crippen molar-refractivity contribution in [2.24, 2.45) is 0 Å². The molecule has 288 valence electrons. The smallest absolute Gasteiger partial charge is 0.520 e. The van der Waals surface area contributed by atoms with Crippen LogP contribution in [0, 0.1) is 111 Å². The molecule has 5 aromatic rings. The topological polar surface area (TPSA) is 18.5 Å². The van der Waals surface area contributed by atoms with Crippen molar-refractivity contribution in [3.05, 3.63) is 134 Å². The molecule has 0 N–H and O–H groups in total. The van der Waals surface area contributed by atoms with Gasteiger partial charge in [0.05, 0.1) is 22.2 Å². The van der Waals surface area contributed by atoms with Crippen LogP contribution in [0.2, 0.25) is 0 Å². The Morgan fingerprint density at radius 2 is 0.764 bits per heavy atom. The second kappa shape index (κ2) is 13.0. The molecule has 0 bridgehead atoms. The normalized spacial score (nSPS) is 13.0. The van der Waals surface area contributed by atoms with E-state index >= 15 is 26.3 Å². The third kappa shape index (κ3) is 5.41. The highest BCUT2D eigenvalue weighted by Crippen LogP contribution is 2.58. The molecule has 0 saturated carbocycles. The molecule has 0 aromatic heterocycles. The summed E-state index contributed by atoms with van der Waals surface area (Å²) in [6.07, 6.45) is 0. The van der Waals surface area contributed by atoms with Crippen LogP contribution in [0.4, 0.5) is 92.2 Å². The monoisotopic (exact) mass is 816 g/mol. The van der Waals surface area contributed by atoms with E-state index in [2.05, 4.69) is 9.31 Å². The molecule has 0 heterocycles. The highest BCUT2D eigenvalue weighted by Gasteiger charge is 2.56. The van der Waals surface area contributed by atoms with Crippen molar-refractivity contribution in [2.75, 3.05) is 0 Å². The molecule has 5 aromatic carbocycles. The van der Waals surface area contributed by atoms with Crippen molar-refractivity contribution in [3.63, 3.8) is 0 Å². The molecule has 0 amide bonds. The van der Waals surface area contributed by atoms with E-state index in [0.29, 0.717) is 0 Å². The van der Waals surface area contributed by atoms with Crippen LogP contribution >= 0.6 is 0 Å². The number of benzene rings is 5. The number of fused-ring (bicyclic) bond motifs is 3. The summed E-state index contributed by atoms with van der Waals surface area (Å²) in [7, 11) is -4.18. The van der Waals surface area contributed by atoms with Crippen molar-refractivity contribution >= 4 is 12.6 Å². The summed E-state index contributed by atoms with van der Waals surface area (Å²) in [4.78, 5) is 0. The molecule has 0 aliphatic heterocycles. The van der Waals surface area contributed by atoms with E-state index in [9.17, 15) is 65.9 Å². The van der Waals surface area contributed by atoms with Crippen LogP contribution in [0.5, 0.6) is 11.5 Å². The molecule has 0 radical (unpaired) electrons. The minimum absolute atomic E-state index is 0.308. The molecule has 0 unspecified atom stereocenters. The minimum Gasteiger partial charge on any atom is -0.520 e. The van der Waals surface area contributed by atoms with Gasteiger partial charge in [-0.1, -0.05) is 0 Å². The summed E-state index contributed by atoms with van der Waals surface area (Å²) in [5, 5.41) is 0. The molecule has 0 atom stereocenters. The lowest BCUT2D eigenvalue weighted by Gasteiger charge is -2.24. The summed E-state index contributed by atoms with van der Waals surface area (Å²) in [5.74, 6) is -67.6. The Labute approximate surface area is 288 Å². The molecule has 0 spiro atoms. The average Bonchev–Trinajstić information content (AvgIpc) is 3.38. The molecule has 6 rings (SSSR count). The van der Waals surface area contributed by atoms with Gasteiger partial charge in [-0.3, -0.25) is 0 Å². The Hall–Kier alpha value is -5.71. The Bertz CT molecular complexity index is 2510. The molecule has 55 heavy (non-hydrogen) atoms. The molecule has 1 aliphatic carbocycles. The zero-order valence-electron chi connectivity index (χ0n) is 25.0. The molecule has 2 nitrogen and oxygen atoms in total. The predicted octanol–water partition coefficient (Wildman–Crippen LogP) is 9.97. The second-order valence-corrected chi connectivity index (χ2v) is 10.9. The molecule has 0 saturated heterocycles. The van der Waals surface area contributed by atoms with Gasteiger partial charge in [0, 0.05) is 28.8 Å². The van der Waals surface area contributed by atoms with Gasteiger partial charge in [0.1, 0.15) is 11.6 Å². The summed E-state index contributed by atoms with van der Waals surface area (Å²) in [6.45, 7) is 0. The van der Waals surface area contributed by atoms with Gasteiger partial charge in [-0.2, -0.15) is 17.6 Å². The van der Waals surface area contributed by atoms with Gasteiger partial charge >= 0.3 is 13.0 Å². The molecule has 24 heteroatoms. The first-order valence-electron chi connectivity index (χ1n) is 13.8. The van der Waals surface area contributed by atoms with Crippen molar-refractivity contribution in [1.82, 2.24) is 0 Å². The lowest BCUT2D eigenvalue weighted by Crippen LogP contribution is -2.48. The van der Waals surface area contributed by atoms with E-state index in [4.69, 9.17) is 0 Å². The third-order valence-electron chi connectivity index (χ3n) is 7.84. The van der Waals surface area contributed by atoms with Crippen LogP contribution in [0.3, 0.4) is 0 Å². The maximum Gasteiger partial charge on any atom is 0.636 e. The lowest BCUT2D eigenvalue weighted by molar-refractivity contribution is 0.0404. The molecule has 0 fully saturated rings. The Balaban J connectivity index is 1.77. The number of rotatable bonds is 6. The van der Waals surface area contributed by atoms with E-state index in [1.54, 1.807) is 0 Å². The standard InChI is InChI=1S/C31H2BF21O2/c33-3-1-4(34)13(35)5(2-3)54-32(12-8(16(38)22(44)27(49)20(12)42)9-17(39)23(45)28(50)24(46)18(9)40)55-30-11-7(15(37)25(47)29(30)51)6-10(31(11,52)53)19(41)26(48)21(43)14(6)36/h1-2H. The molecular formula is C31H2BF21O2. The van der Waals surface area contributed by atoms with Crippen molar-refractivity contribution < 1.29 is 102 Å². The van der Waals surface area contributed by atoms with E-state index in [-0.39, 0.29) is 12.1 Å². The molecule has 1 aliphatic rings. The quantitative estimate of drug-likeness (QED) is 0.0736. The third-order valence-corrected chi connectivity index (χ3v) is 7.84. The second-order valence-electron chi connectivity index (χ2n) is 10.9. The fraction of sp³-hybridized carbons (Fsp3) is 0.0323. The summed E-state index contributed by atoms with van der Waals surface area (Å²) in [5.41, 5.74) is -18.9. The summed E-state index contributed by atoms with van der Waals surface area (Å²) >= 11 is 0. The van der Waals surface area contributed by atoms with E-state index < -0.39 is 174 Å². The van der Waals surface area contributed by atoms with Gasteiger partial charge in [-0.05, 0) is 0 Å². The highest BCUT2D eigenvalue weighted by atomic mass is 19.3. The first kappa shape index (κ1) is 39.0. The van der Waals surface area contributed by atoms with Crippen LogP contribution in [0.1, 0.15) is 11.1 Å². The Morgan fingerprint density at radius 3 is 1.29 bits per heavy atom. The van der Waals surface area contributed by atoms with E-state index in [0.717, 1.165) is 0 Å². The van der Waals surface area contributed by atoms with Gasteiger partial charge in [0.15, 0.2) is 98.8 Å². The zero-order chi connectivity index (χ0) is 41.1. The molecular weight excluding hydrogens is 814 g/mol. The van der Waals surface area contributed by atoms with E-state index in [1.807, 2.05) is 0 Å². The summed E-state index contributed by atoms with van der Waals surface area (Å²) < 4.78 is 320. The van der Waals surface area contributed by atoms with Crippen LogP contribution in [-0.2, 0) is 5.92 Å². The zero-order valence-corrected chi connectivity index (χ0v) is 25.0. The van der Waals surface area contributed by atoms with Gasteiger partial charge < -0.3 is 9.31 Å².